The van der Waals surface area contributed by atoms with Crippen molar-refractivity contribution in [3.8, 4) is 0 Å². The van der Waals surface area contributed by atoms with Crippen LogP contribution in [0.4, 0.5) is 0 Å². The first-order valence-electron chi connectivity index (χ1n) is 5.26. The summed E-state index contributed by atoms with van der Waals surface area (Å²) in [6, 6.07) is 12.7. The molecule has 2 aromatic rings. The fraction of sp³-hybridized carbons (Fsp3) is 0.154. The van der Waals surface area contributed by atoms with Crippen molar-refractivity contribution >= 4 is 28.7 Å². The van der Waals surface area contributed by atoms with Gasteiger partial charge in [0.2, 0.25) is 0 Å². The fourth-order valence-corrected chi connectivity index (χ4v) is 2.64. The van der Waals surface area contributed by atoms with Crippen LogP contribution in [0.5, 0.6) is 0 Å². The Labute approximate surface area is 109 Å². The predicted molar refractivity (Wildman–Crippen MR) is 71.8 cm³/mol. The number of carbonyl (C=O) groups excluding carboxylic acids is 1. The molecule has 2 nitrogen and oxygen atoms in total. The van der Waals surface area contributed by atoms with Gasteiger partial charge in [-0.3, -0.25) is 4.79 Å². The van der Waals surface area contributed by atoms with Gasteiger partial charge in [0.25, 0.3) is 0 Å². The molecule has 0 fully saturated rings. The van der Waals surface area contributed by atoms with E-state index in [0.717, 1.165) is 5.56 Å². The Morgan fingerprint density at radius 2 is 1.94 bits per heavy atom. The van der Waals surface area contributed by atoms with Gasteiger partial charge in [0.05, 0.1) is 15.3 Å². The largest absolute Gasteiger partial charge is 0.321 e. The van der Waals surface area contributed by atoms with Gasteiger partial charge >= 0.3 is 0 Å². The third kappa shape index (κ3) is 3.16. The molecule has 0 aliphatic rings. The van der Waals surface area contributed by atoms with Gasteiger partial charge in [0.15, 0.2) is 5.78 Å². The second kappa shape index (κ2) is 5.45. The van der Waals surface area contributed by atoms with E-state index >= 15 is 0 Å². The molecule has 1 aromatic heterocycles. The molecule has 17 heavy (non-hydrogen) atoms. The molecule has 88 valence electrons. The van der Waals surface area contributed by atoms with Crippen molar-refractivity contribution < 1.29 is 4.79 Å². The average Bonchev–Trinajstić information content (AvgIpc) is 2.76. The molecule has 0 radical (unpaired) electrons. The van der Waals surface area contributed by atoms with Gasteiger partial charge in [-0.25, -0.2) is 0 Å². The summed E-state index contributed by atoms with van der Waals surface area (Å²) in [6.45, 7) is 0. The molecule has 0 bridgehead atoms. The van der Waals surface area contributed by atoms with E-state index in [1.54, 1.807) is 12.1 Å². The maximum Gasteiger partial charge on any atom is 0.189 e. The molecule has 0 aliphatic carbocycles. The summed E-state index contributed by atoms with van der Waals surface area (Å²) in [4.78, 5) is 12.6. The van der Waals surface area contributed by atoms with Gasteiger partial charge < -0.3 is 5.73 Å². The number of halogens is 1. The maximum atomic E-state index is 12.0. The van der Waals surface area contributed by atoms with E-state index < -0.39 is 6.04 Å². The molecule has 1 aromatic carbocycles. The molecule has 0 saturated carbocycles. The third-order valence-corrected chi connectivity index (χ3v) is 3.70. The molecule has 1 heterocycles. The summed E-state index contributed by atoms with van der Waals surface area (Å²) >= 11 is 7.07. The van der Waals surface area contributed by atoms with E-state index in [4.69, 9.17) is 17.3 Å². The summed E-state index contributed by atoms with van der Waals surface area (Å²) < 4.78 is 0.611. The first-order chi connectivity index (χ1) is 8.16. The van der Waals surface area contributed by atoms with Crippen LogP contribution in [0.1, 0.15) is 15.2 Å². The second-order valence-corrected chi connectivity index (χ2v) is 5.48. The number of Topliss-reactive ketones (excluding diaryl/α,β-unsaturated/α-hetero) is 1. The predicted octanol–water partition coefficient (Wildman–Crippen LogP) is 3.15. The third-order valence-electron chi connectivity index (χ3n) is 2.45. The number of rotatable bonds is 4. The zero-order valence-electron chi connectivity index (χ0n) is 9.10. The number of thiophene rings is 1. The molecule has 0 aliphatic heterocycles. The Balaban J connectivity index is 2.06. The SMILES string of the molecule is NC(Cc1ccccc1)C(=O)c1ccc(Cl)s1. The Kier molecular flexibility index (Phi) is 3.94. The van der Waals surface area contributed by atoms with Crippen LogP contribution >= 0.6 is 22.9 Å². The van der Waals surface area contributed by atoms with Crippen LogP contribution in [-0.4, -0.2) is 11.8 Å². The van der Waals surface area contributed by atoms with Crippen LogP contribution in [0.25, 0.3) is 0 Å². The quantitative estimate of drug-likeness (QED) is 0.863. The molecule has 0 spiro atoms. The number of hydrogen-bond acceptors (Lipinski definition) is 3. The van der Waals surface area contributed by atoms with Gasteiger partial charge in [-0.2, -0.15) is 0 Å². The number of carbonyl (C=O) groups is 1. The van der Waals surface area contributed by atoms with Crippen molar-refractivity contribution in [1.82, 2.24) is 0 Å². The minimum absolute atomic E-state index is 0.0502. The Bertz CT molecular complexity index is 509. The van der Waals surface area contributed by atoms with Crippen LogP contribution < -0.4 is 5.73 Å². The molecule has 0 saturated heterocycles. The lowest BCUT2D eigenvalue weighted by atomic mass is 10.0. The lowest BCUT2D eigenvalue weighted by Gasteiger charge is -2.09. The number of hydrogen-bond donors (Lipinski definition) is 1. The Morgan fingerprint density at radius 1 is 1.24 bits per heavy atom. The highest BCUT2D eigenvalue weighted by Crippen LogP contribution is 2.22. The van der Waals surface area contributed by atoms with E-state index in [9.17, 15) is 4.79 Å². The Morgan fingerprint density at radius 3 is 2.53 bits per heavy atom. The smallest absolute Gasteiger partial charge is 0.189 e. The van der Waals surface area contributed by atoms with E-state index in [2.05, 4.69) is 0 Å². The lowest BCUT2D eigenvalue weighted by Crippen LogP contribution is -2.32. The summed E-state index contributed by atoms with van der Waals surface area (Å²) in [5, 5.41) is 0. The normalized spacial score (nSPS) is 12.4. The summed E-state index contributed by atoms with van der Waals surface area (Å²) in [7, 11) is 0. The van der Waals surface area contributed by atoms with Gasteiger partial charge in [-0.15, -0.1) is 11.3 Å². The first-order valence-corrected chi connectivity index (χ1v) is 6.45. The molecule has 2 N–H and O–H groups in total. The van der Waals surface area contributed by atoms with Crippen molar-refractivity contribution in [3.05, 3.63) is 57.2 Å². The molecule has 1 atom stereocenters. The molecule has 2 rings (SSSR count). The second-order valence-electron chi connectivity index (χ2n) is 3.76. The molecule has 4 heteroatoms. The molecular weight excluding hydrogens is 254 g/mol. The van der Waals surface area contributed by atoms with E-state index in [1.165, 1.54) is 11.3 Å². The highest BCUT2D eigenvalue weighted by molar-refractivity contribution is 7.18. The number of nitrogens with two attached hydrogens (primary N) is 1. The van der Waals surface area contributed by atoms with Gasteiger partial charge in [0.1, 0.15) is 0 Å². The van der Waals surface area contributed by atoms with Crippen molar-refractivity contribution in [3.63, 3.8) is 0 Å². The topological polar surface area (TPSA) is 43.1 Å². The zero-order chi connectivity index (χ0) is 12.3. The van der Waals surface area contributed by atoms with Gasteiger partial charge in [-0.05, 0) is 24.1 Å². The van der Waals surface area contributed by atoms with E-state index in [-0.39, 0.29) is 5.78 Å². The number of ketones is 1. The van der Waals surface area contributed by atoms with Crippen molar-refractivity contribution in [2.75, 3.05) is 0 Å². The van der Waals surface area contributed by atoms with Crippen molar-refractivity contribution in [2.24, 2.45) is 5.73 Å². The Hall–Kier alpha value is -1.16. The van der Waals surface area contributed by atoms with Gasteiger partial charge in [0, 0.05) is 0 Å². The monoisotopic (exact) mass is 265 g/mol. The minimum Gasteiger partial charge on any atom is -0.321 e. The highest BCUT2D eigenvalue weighted by atomic mass is 35.5. The average molecular weight is 266 g/mol. The first kappa shape index (κ1) is 12.3. The minimum atomic E-state index is -0.507. The van der Waals surface area contributed by atoms with Crippen LogP contribution in [-0.2, 0) is 6.42 Å². The van der Waals surface area contributed by atoms with Crippen LogP contribution in [0, 0.1) is 0 Å². The maximum absolute atomic E-state index is 12.0. The lowest BCUT2D eigenvalue weighted by molar-refractivity contribution is 0.0965. The molecule has 0 amide bonds. The van der Waals surface area contributed by atoms with Crippen LogP contribution in [0.2, 0.25) is 4.34 Å². The standard InChI is InChI=1S/C13H12ClNOS/c14-12-7-6-11(17-12)13(16)10(15)8-9-4-2-1-3-5-9/h1-7,10H,8,15H2. The van der Waals surface area contributed by atoms with E-state index in [0.29, 0.717) is 15.6 Å². The zero-order valence-corrected chi connectivity index (χ0v) is 10.7. The van der Waals surface area contributed by atoms with E-state index in [1.807, 2.05) is 30.3 Å². The van der Waals surface area contributed by atoms with Crippen LogP contribution in [0.3, 0.4) is 0 Å². The number of benzene rings is 1. The van der Waals surface area contributed by atoms with Gasteiger partial charge in [-0.1, -0.05) is 41.9 Å². The summed E-state index contributed by atoms with van der Waals surface area (Å²) in [5.74, 6) is -0.0502. The highest BCUT2D eigenvalue weighted by Gasteiger charge is 2.17. The summed E-state index contributed by atoms with van der Waals surface area (Å²) in [6.07, 6.45) is 0.551. The van der Waals surface area contributed by atoms with Crippen molar-refractivity contribution in [1.29, 1.82) is 0 Å². The fourth-order valence-electron chi connectivity index (χ4n) is 1.59. The summed E-state index contributed by atoms with van der Waals surface area (Å²) in [5.41, 5.74) is 6.97. The molecule has 1 unspecified atom stereocenters. The molecular formula is C13H12ClNOS. The van der Waals surface area contributed by atoms with Crippen molar-refractivity contribution in [2.45, 2.75) is 12.5 Å². The van der Waals surface area contributed by atoms with Crippen LogP contribution in [0.15, 0.2) is 42.5 Å².